The molecule has 2 heterocycles. The lowest BCUT2D eigenvalue weighted by Gasteiger charge is -2.03. The Morgan fingerprint density at radius 2 is 2.09 bits per heavy atom. The first-order chi connectivity index (χ1) is 11.1. The molecule has 0 atom stereocenters. The monoisotopic (exact) mass is 306 g/mol. The van der Waals surface area contributed by atoms with Gasteiger partial charge in [0.15, 0.2) is 11.5 Å². The van der Waals surface area contributed by atoms with Gasteiger partial charge in [-0.3, -0.25) is 9.20 Å². The average Bonchev–Trinajstić information content (AvgIpc) is 2.95. The molecule has 0 unspecified atom stereocenters. The van der Waals surface area contributed by atoms with Crippen molar-refractivity contribution in [3.63, 3.8) is 0 Å². The van der Waals surface area contributed by atoms with Crippen LogP contribution in [-0.2, 0) is 11.3 Å². The number of aromatic nitrogens is 3. The first-order valence-corrected chi connectivity index (χ1v) is 7.45. The van der Waals surface area contributed by atoms with E-state index in [1.165, 1.54) is 5.56 Å². The summed E-state index contributed by atoms with van der Waals surface area (Å²) in [6.45, 7) is 4.42. The molecule has 0 aliphatic heterocycles. The van der Waals surface area contributed by atoms with Crippen molar-refractivity contribution in [2.45, 2.75) is 20.4 Å². The zero-order chi connectivity index (χ0) is 16.2. The second-order valence-electron chi connectivity index (χ2n) is 5.46. The van der Waals surface area contributed by atoms with Crippen molar-refractivity contribution in [3.8, 4) is 0 Å². The van der Waals surface area contributed by atoms with Gasteiger partial charge in [-0.2, -0.15) is 0 Å². The van der Waals surface area contributed by atoms with E-state index in [-0.39, 0.29) is 5.91 Å². The average molecular weight is 306 g/mol. The van der Waals surface area contributed by atoms with E-state index in [0.717, 1.165) is 16.8 Å². The summed E-state index contributed by atoms with van der Waals surface area (Å²) in [5.74, 6) is 0.548. The molecule has 3 rings (SSSR count). The number of benzene rings is 1. The molecule has 0 fully saturated rings. The van der Waals surface area contributed by atoms with Crippen molar-refractivity contribution < 1.29 is 4.79 Å². The topological polar surface area (TPSA) is 59.3 Å². The van der Waals surface area contributed by atoms with Crippen LogP contribution in [0, 0.1) is 13.8 Å². The molecule has 116 valence electrons. The summed E-state index contributed by atoms with van der Waals surface area (Å²) in [5, 5.41) is 11.0. The molecule has 1 aromatic carbocycles. The van der Waals surface area contributed by atoms with E-state index in [0.29, 0.717) is 12.4 Å². The van der Waals surface area contributed by atoms with Crippen LogP contribution >= 0.6 is 0 Å². The molecule has 0 radical (unpaired) electrons. The molecule has 1 amide bonds. The maximum absolute atomic E-state index is 12.0. The van der Waals surface area contributed by atoms with Crippen molar-refractivity contribution in [1.29, 1.82) is 0 Å². The molecule has 0 saturated carbocycles. The quantitative estimate of drug-likeness (QED) is 0.754. The van der Waals surface area contributed by atoms with Gasteiger partial charge in [-0.25, -0.2) is 0 Å². The Kier molecular flexibility index (Phi) is 4.19. The Hall–Kier alpha value is -2.95. The molecule has 3 aromatic rings. The molecule has 5 nitrogen and oxygen atoms in total. The molecule has 0 aliphatic rings. The number of fused-ring (bicyclic) bond motifs is 1. The standard InChI is InChI=1S/C18H18N4O/c1-13-6-7-15(14(2)11-13)8-9-18(23)19-12-17-21-20-16-5-3-4-10-22(16)17/h3-11H,12H2,1-2H3,(H,19,23). The Labute approximate surface area is 134 Å². The van der Waals surface area contributed by atoms with E-state index in [9.17, 15) is 4.79 Å². The van der Waals surface area contributed by atoms with Crippen LogP contribution in [-0.4, -0.2) is 20.5 Å². The summed E-state index contributed by atoms with van der Waals surface area (Å²) < 4.78 is 1.86. The zero-order valence-corrected chi connectivity index (χ0v) is 13.2. The number of amides is 1. The van der Waals surface area contributed by atoms with Crippen LogP contribution in [0.1, 0.15) is 22.5 Å². The minimum absolute atomic E-state index is 0.155. The van der Waals surface area contributed by atoms with Crippen LogP contribution in [0.4, 0.5) is 0 Å². The predicted octanol–water partition coefficient (Wildman–Crippen LogP) is 2.68. The van der Waals surface area contributed by atoms with Gasteiger partial charge in [-0.15, -0.1) is 10.2 Å². The maximum atomic E-state index is 12.0. The fourth-order valence-electron chi connectivity index (χ4n) is 2.41. The van der Waals surface area contributed by atoms with Crippen LogP contribution in [0.15, 0.2) is 48.7 Å². The van der Waals surface area contributed by atoms with Crippen molar-refractivity contribution in [2.75, 3.05) is 0 Å². The molecule has 1 N–H and O–H groups in total. The van der Waals surface area contributed by atoms with Gasteiger partial charge < -0.3 is 5.32 Å². The van der Waals surface area contributed by atoms with E-state index in [4.69, 9.17) is 0 Å². The van der Waals surface area contributed by atoms with Crippen LogP contribution in [0.5, 0.6) is 0 Å². The van der Waals surface area contributed by atoms with Crippen LogP contribution < -0.4 is 5.32 Å². The molecule has 0 aliphatic carbocycles. The summed E-state index contributed by atoms with van der Waals surface area (Å²) in [4.78, 5) is 12.0. The van der Waals surface area contributed by atoms with Gasteiger partial charge in [0.25, 0.3) is 0 Å². The van der Waals surface area contributed by atoms with E-state index < -0.39 is 0 Å². The number of pyridine rings is 1. The molecular weight excluding hydrogens is 288 g/mol. The SMILES string of the molecule is Cc1ccc(C=CC(=O)NCc2nnc3ccccn23)c(C)c1. The Bertz CT molecular complexity index is 880. The van der Waals surface area contributed by atoms with Gasteiger partial charge >= 0.3 is 0 Å². The van der Waals surface area contributed by atoms with Gasteiger partial charge in [0.2, 0.25) is 5.91 Å². The minimum Gasteiger partial charge on any atom is -0.345 e. The van der Waals surface area contributed by atoms with E-state index in [1.807, 2.05) is 53.9 Å². The molecule has 0 spiro atoms. The lowest BCUT2D eigenvalue weighted by atomic mass is 10.1. The first kappa shape index (κ1) is 15.0. The summed E-state index contributed by atoms with van der Waals surface area (Å²) >= 11 is 0. The number of hydrogen-bond donors (Lipinski definition) is 1. The number of carbonyl (C=O) groups excluding carboxylic acids is 1. The van der Waals surface area contributed by atoms with E-state index >= 15 is 0 Å². The lowest BCUT2D eigenvalue weighted by Crippen LogP contribution is -2.21. The van der Waals surface area contributed by atoms with Gasteiger partial charge in [-0.05, 0) is 43.2 Å². The molecule has 0 bridgehead atoms. The molecule has 2 aromatic heterocycles. The third-order valence-corrected chi connectivity index (χ3v) is 3.64. The largest absolute Gasteiger partial charge is 0.345 e. The summed E-state index contributed by atoms with van der Waals surface area (Å²) in [6, 6.07) is 11.8. The molecular formula is C18H18N4O. The van der Waals surface area contributed by atoms with Crippen LogP contribution in [0.25, 0.3) is 11.7 Å². The highest BCUT2D eigenvalue weighted by molar-refractivity contribution is 5.91. The highest BCUT2D eigenvalue weighted by Crippen LogP contribution is 2.12. The van der Waals surface area contributed by atoms with Gasteiger partial charge in [0.1, 0.15) is 0 Å². The number of carbonyl (C=O) groups is 1. The fourth-order valence-corrected chi connectivity index (χ4v) is 2.41. The normalized spacial score (nSPS) is 11.2. The maximum Gasteiger partial charge on any atom is 0.244 e. The second-order valence-corrected chi connectivity index (χ2v) is 5.46. The number of nitrogens with zero attached hydrogens (tertiary/aromatic N) is 3. The summed E-state index contributed by atoms with van der Waals surface area (Å²) in [7, 11) is 0. The van der Waals surface area contributed by atoms with Crippen molar-refractivity contribution in [2.24, 2.45) is 0 Å². The van der Waals surface area contributed by atoms with Gasteiger partial charge in [0.05, 0.1) is 6.54 Å². The molecule has 5 heteroatoms. The summed E-state index contributed by atoms with van der Waals surface area (Å²) in [6.07, 6.45) is 5.25. The first-order valence-electron chi connectivity index (χ1n) is 7.45. The highest BCUT2D eigenvalue weighted by Gasteiger charge is 2.05. The van der Waals surface area contributed by atoms with Crippen LogP contribution in [0.3, 0.4) is 0 Å². The van der Waals surface area contributed by atoms with Crippen LogP contribution in [0.2, 0.25) is 0 Å². The van der Waals surface area contributed by atoms with Crippen molar-refractivity contribution in [1.82, 2.24) is 19.9 Å². The second kappa shape index (κ2) is 6.44. The van der Waals surface area contributed by atoms with Gasteiger partial charge in [-0.1, -0.05) is 29.8 Å². The smallest absolute Gasteiger partial charge is 0.244 e. The lowest BCUT2D eigenvalue weighted by molar-refractivity contribution is -0.116. The predicted molar refractivity (Wildman–Crippen MR) is 89.8 cm³/mol. The number of nitrogens with one attached hydrogen (secondary N) is 1. The molecule has 23 heavy (non-hydrogen) atoms. The Balaban J connectivity index is 1.64. The van der Waals surface area contributed by atoms with Gasteiger partial charge in [0, 0.05) is 12.3 Å². The fraction of sp³-hybridized carbons (Fsp3) is 0.167. The van der Waals surface area contributed by atoms with Crippen molar-refractivity contribution >= 4 is 17.6 Å². The number of hydrogen-bond acceptors (Lipinski definition) is 3. The molecule has 0 saturated heterocycles. The number of aryl methyl sites for hydroxylation is 2. The third-order valence-electron chi connectivity index (χ3n) is 3.64. The summed E-state index contributed by atoms with van der Waals surface area (Å²) in [5.41, 5.74) is 4.17. The Morgan fingerprint density at radius 3 is 2.91 bits per heavy atom. The van der Waals surface area contributed by atoms with Crippen molar-refractivity contribution in [3.05, 3.63) is 71.2 Å². The third kappa shape index (κ3) is 3.45. The Morgan fingerprint density at radius 1 is 1.22 bits per heavy atom. The number of rotatable bonds is 4. The van der Waals surface area contributed by atoms with E-state index in [1.54, 1.807) is 6.08 Å². The minimum atomic E-state index is -0.155. The zero-order valence-electron chi connectivity index (χ0n) is 13.2. The van der Waals surface area contributed by atoms with E-state index in [2.05, 4.69) is 28.5 Å². The highest BCUT2D eigenvalue weighted by atomic mass is 16.1.